The summed E-state index contributed by atoms with van der Waals surface area (Å²) < 4.78 is 33.6. The fourth-order valence-corrected chi connectivity index (χ4v) is 3.43. The second-order valence-electron chi connectivity index (χ2n) is 6.78. The molecule has 0 spiro atoms. The molecule has 0 aliphatic rings. The summed E-state index contributed by atoms with van der Waals surface area (Å²) in [6.45, 7) is 1.53. The molecule has 0 aliphatic carbocycles. The first-order valence-electron chi connectivity index (χ1n) is 9.74. The first kappa shape index (κ1) is 22.4. The summed E-state index contributed by atoms with van der Waals surface area (Å²) in [4.78, 5) is 4.69. The number of para-hydroxylation sites is 1. The number of aliphatic imine (C=N–C) groups is 1. The van der Waals surface area contributed by atoms with Crippen molar-refractivity contribution in [3.8, 4) is 5.75 Å². The minimum Gasteiger partial charge on any atom is -0.496 e. The van der Waals surface area contributed by atoms with Crippen molar-refractivity contribution in [2.45, 2.75) is 24.4 Å². The molecule has 31 heavy (non-hydrogen) atoms. The van der Waals surface area contributed by atoms with Crippen molar-refractivity contribution in [1.29, 1.82) is 0 Å². The SMILES string of the molecule is COc1ccccc1CNC(=NCc1ccc(S(N)(=O)=O)cc1)NCCc1ccco1. The molecule has 1 aromatic heterocycles. The number of nitrogens with zero attached hydrogens (tertiary/aromatic N) is 1. The number of methoxy groups -OCH3 is 1. The van der Waals surface area contributed by atoms with E-state index in [9.17, 15) is 8.42 Å². The van der Waals surface area contributed by atoms with E-state index in [1.807, 2.05) is 36.4 Å². The fourth-order valence-electron chi connectivity index (χ4n) is 2.92. The molecule has 2 aromatic carbocycles. The first-order chi connectivity index (χ1) is 15.0. The zero-order valence-corrected chi connectivity index (χ0v) is 18.1. The smallest absolute Gasteiger partial charge is 0.238 e. The van der Waals surface area contributed by atoms with Crippen LogP contribution in [0.15, 0.2) is 81.2 Å². The average Bonchev–Trinajstić information content (AvgIpc) is 3.28. The van der Waals surface area contributed by atoms with Crippen LogP contribution in [0, 0.1) is 0 Å². The van der Waals surface area contributed by atoms with Crippen LogP contribution in [0.4, 0.5) is 0 Å². The van der Waals surface area contributed by atoms with E-state index < -0.39 is 10.0 Å². The molecule has 1 heterocycles. The van der Waals surface area contributed by atoms with Gasteiger partial charge in [0.05, 0.1) is 24.8 Å². The van der Waals surface area contributed by atoms with Crippen molar-refractivity contribution in [2.75, 3.05) is 13.7 Å². The highest BCUT2D eigenvalue weighted by molar-refractivity contribution is 7.89. The lowest BCUT2D eigenvalue weighted by Gasteiger charge is -2.14. The van der Waals surface area contributed by atoms with Gasteiger partial charge in [0.15, 0.2) is 5.96 Å². The summed E-state index contributed by atoms with van der Waals surface area (Å²) >= 11 is 0. The Labute approximate surface area is 182 Å². The molecule has 0 unspecified atom stereocenters. The number of benzene rings is 2. The fraction of sp³-hybridized carbons (Fsp3) is 0.227. The van der Waals surface area contributed by atoms with Crippen LogP contribution < -0.4 is 20.5 Å². The maximum absolute atomic E-state index is 11.4. The number of rotatable bonds is 9. The Morgan fingerprint density at radius 3 is 2.52 bits per heavy atom. The van der Waals surface area contributed by atoms with Crippen molar-refractivity contribution >= 4 is 16.0 Å². The second kappa shape index (κ2) is 10.6. The van der Waals surface area contributed by atoms with Gasteiger partial charge >= 0.3 is 0 Å². The van der Waals surface area contributed by atoms with Crippen LogP contribution in [0.2, 0.25) is 0 Å². The number of sulfonamides is 1. The number of nitrogens with one attached hydrogen (secondary N) is 2. The molecule has 0 bridgehead atoms. The molecule has 9 heteroatoms. The van der Waals surface area contributed by atoms with E-state index in [-0.39, 0.29) is 4.90 Å². The molecule has 4 N–H and O–H groups in total. The predicted octanol–water partition coefficient (Wildman–Crippen LogP) is 2.41. The Balaban J connectivity index is 1.67. The zero-order valence-electron chi connectivity index (χ0n) is 17.2. The van der Waals surface area contributed by atoms with Crippen molar-refractivity contribution in [2.24, 2.45) is 10.1 Å². The molecule has 0 saturated carbocycles. The highest BCUT2D eigenvalue weighted by atomic mass is 32.2. The van der Waals surface area contributed by atoms with E-state index in [1.54, 1.807) is 25.5 Å². The monoisotopic (exact) mass is 442 g/mol. The lowest BCUT2D eigenvalue weighted by Crippen LogP contribution is -2.38. The molecule has 0 amide bonds. The van der Waals surface area contributed by atoms with Gasteiger partial charge in [-0.25, -0.2) is 18.5 Å². The summed E-state index contributed by atoms with van der Waals surface area (Å²) in [6, 6.07) is 17.9. The lowest BCUT2D eigenvalue weighted by molar-refractivity contribution is 0.409. The quantitative estimate of drug-likeness (QED) is 0.346. The molecule has 0 atom stereocenters. The number of nitrogens with two attached hydrogens (primary N) is 1. The van der Waals surface area contributed by atoms with Gasteiger partial charge in [0.1, 0.15) is 11.5 Å². The van der Waals surface area contributed by atoms with E-state index in [1.165, 1.54) is 12.1 Å². The van der Waals surface area contributed by atoms with Gasteiger partial charge in [0, 0.05) is 25.1 Å². The number of primary sulfonamides is 1. The summed E-state index contributed by atoms with van der Waals surface area (Å²) in [6.07, 6.45) is 2.36. The highest BCUT2D eigenvalue weighted by Gasteiger charge is 2.07. The largest absolute Gasteiger partial charge is 0.496 e. The molecule has 3 rings (SSSR count). The first-order valence-corrected chi connectivity index (χ1v) is 11.3. The van der Waals surface area contributed by atoms with E-state index in [2.05, 4.69) is 15.6 Å². The summed E-state index contributed by atoms with van der Waals surface area (Å²) in [5.74, 6) is 2.30. The van der Waals surface area contributed by atoms with E-state index in [4.69, 9.17) is 14.3 Å². The Bertz CT molecular complexity index is 1090. The topological polar surface area (TPSA) is 119 Å². The van der Waals surface area contributed by atoms with Gasteiger partial charge in [-0.3, -0.25) is 0 Å². The van der Waals surface area contributed by atoms with Crippen LogP contribution in [-0.2, 0) is 29.5 Å². The van der Waals surface area contributed by atoms with Gasteiger partial charge in [-0.1, -0.05) is 30.3 Å². The second-order valence-corrected chi connectivity index (χ2v) is 8.34. The minimum absolute atomic E-state index is 0.0753. The molecule has 0 radical (unpaired) electrons. The number of hydrogen-bond donors (Lipinski definition) is 3. The maximum atomic E-state index is 11.4. The number of ether oxygens (including phenoxy) is 1. The average molecular weight is 443 g/mol. The van der Waals surface area contributed by atoms with Crippen LogP contribution in [0.3, 0.4) is 0 Å². The third-order valence-corrected chi connectivity index (χ3v) is 5.48. The minimum atomic E-state index is -3.71. The summed E-state index contributed by atoms with van der Waals surface area (Å²) in [5, 5.41) is 11.8. The molecular weight excluding hydrogens is 416 g/mol. The van der Waals surface area contributed by atoms with Crippen molar-refractivity contribution < 1.29 is 17.6 Å². The van der Waals surface area contributed by atoms with Gasteiger partial charge in [-0.05, 0) is 35.9 Å². The molecule has 164 valence electrons. The van der Waals surface area contributed by atoms with Gasteiger partial charge < -0.3 is 19.8 Å². The Hall–Kier alpha value is -3.30. The molecule has 0 saturated heterocycles. The van der Waals surface area contributed by atoms with Crippen LogP contribution in [0.25, 0.3) is 0 Å². The van der Waals surface area contributed by atoms with Gasteiger partial charge in [-0.2, -0.15) is 0 Å². The number of hydrogen-bond acceptors (Lipinski definition) is 5. The van der Waals surface area contributed by atoms with E-state index in [0.717, 1.165) is 22.6 Å². The molecule has 3 aromatic rings. The van der Waals surface area contributed by atoms with Gasteiger partial charge in [0.2, 0.25) is 10.0 Å². The maximum Gasteiger partial charge on any atom is 0.238 e. The lowest BCUT2D eigenvalue weighted by atomic mass is 10.2. The van der Waals surface area contributed by atoms with Gasteiger partial charge in [0.25, 0.3) is 0 Å². The van der Waals surface area contributed by atoms with Gasteiger partial charge in [-0.15, -0.1) is 0 Å². The third kappa shape index (κ3) is 6.87. The van der Waals surface area contributed by atoms with Crippen LogP contribution in [-0.4, -0.2) is 28.0 Å². The highest BCUT2D eigenvalue weighted by Crippen LogP contribution is 2.16. The number of guanidine groups is 1. The zero-order chi connectivity index (χ0) is 22.1. The van der Waals surface area contributed by atoms with Crippen molar-refractivity contribution in [1.82, 2.24) is 10.6 Å². The third-order valence-electron chi connectivity index (χ3n) is 4.55. The summed E-state index contributed by atoms with van der Waals surface area (Å²) in [5.41, 5.74) is 1.86. The Kier molecular flexibility index (Phi) is 7.69. The molecule has 8 nitrogen and oxygen atoms in total. The standard InChI is InChI=1S/C22H26N4O4S/c1-29-21-7-3-2-5-18(21)16-26-22(24-13-12-19-6-4-14-30-19)25-15-17-8-10-20(11-9-17)31(23,27)28/h2-11,14H,12-13,15-16H2,1H3,(H2,23,27,28)(H2,24,25,26). The number of furan rings is 1. The normalized spacial score (nSPS) is 11.9. The molecule has 0 fully saturated rings. The predicted molar refractivity (Wildman–Crippen MR) is 119 cm³/mol. The van der Waals surface area contributed by atoms with Crippen LogP contribution in [0.1, 0.15) is 16.9 Å². The Morgan fingerprint density at radius 1 is 1.06 bits per heavy atom. The van der Waals surface area contributed by atoms with Crippen LogP contribution >= 0.6 is 0 Å². The Morgan fingerprint density at radius 2 is 1.84 bits per heavy atom. The van der Waals surface area contributed by atoms with Crippen molar-refractivity contribution in [3.63, 3.8) is 0 Å². The molecule has 0 aliphatic heterocycles. The molecular formula is C22H26N4O4S. The van der Waals surface area contributed by atoms with Crippen molar-refractivity contribution in [3.05, 3.63) is 83.8 Å². The van der Waals surface area contributed by atoms with Crippen LogP contribution in [0.5, 0.6) is 5.75 Å². The van der Waals surface area contributed by atoms with E-state index in [0.29, 0.717) is 32.0 Å². The van der Waals surface area contributed by atoms with E-state index >= 15 is 0 Å². The summed E-state index contributed by atoms with van der Waals surface area (Å²) in [7, 11) is -2.07.